The van der Waals surface area contributed by atoms with Gasteiger partial charge in [-0.05, 0) is 24.6 Å². The lowest BCUT2D eigenvalue weighted by atomic mass is 10.2. The van der Waals surface area contributed by atoms with Crippen LogP contribution < -0.4 is 4.74 Å². The molecular formula is C20H18F2N2O2S. The number of thiazole rings is 1. The van der Waals surface area contributed by atoms with Gasteiger partial charge in [0.2, 0.25) is 0 Å². The summed E-state index contributed by atoms with van der Waals surface area (Å²) in [6.07, 6.45) is 0. The number of hydrogen-bond acceptors (Lipinski definition) is 4. The van der Waals surface area contributed by atoms with Crippen molar-refractivity contribution in [2.45, 2.75) is 20.1 Å². The van der Waals surface area contributed by atoms with Crippen molar-refractivity contribution >= 4 is 17.2 Å². The zero-order chi connectivity index (χ0) is 19.4. The van der Waals surface area contributed by atoms with E-state index in [1.807, 2.05) is 37.3 Å². The van der Waals surface area contributed by atoms with E-state index in [0.29, 0.717) is 17.1 Å². The van der Waals surface area contributed by atoms with Crippen molar-refractivity contribution in [3.63, 3.8) is 0 Å². The lowest BCUT2D eigenvalue weighted by Gasteiger charge is -2.17. The summed E-state index contributed by atoms with van der Waals surface area (Å²) in [6, 6.07) is 16.0. The summed E-state index contributed by atoms with van der Waals surface area (Å²) in [4.78, 5) is 19.5. The van der Waals surface area contributed by atoms with Gasteiger partial charge in [-0.1, -0.05) is 42.5 Å². The van der Waals surface area contributed by atoms with Crippen LogP contribution in [0.15, 0.2) is 54.6 Å². The summed E-state index contributed by atoms with van der Waals surface area (Å²) < 4.78 is 28.7. The molecule has 7 heteroatoms. The average molecular weight is 388 g/mol. The Hall–Kier alpha value is -2.80. The van der Waals surface area contributed by atoms with Crippen LogP contribution >= 0.6 is 11.3 Å². The Labute approximate surface area is 160 Å². The molecule has 140 valence electrons. The fourth-order valence-corrected chi connectivity index (χ4v) is 3.66. The van der Waals surface area contributed by atoms with Crippen molar-refractivity contribution in [1.29, 1.82) is 0 Å². The first-order chi connectivity index (χ1) is 12.9. The first-order valence-corrected chi connectivity index (χ1v) is 9.07. The Bertz CT molecular complexity index is 911. The fourth-order valence-electron chi connectivity index (χ4n) is 2.59. The molecule has 2 aromatic carbocycles. The Balaban J connectivity index is 1.71. The number of nitrogens with zero attached hydrogens (tertiary/aromatic N) is 2. The third-order valence-electron chi connectivity index (χ3n) is 3.93. The summed E-state index contributed by atoms with van der Waals surface area (Å²) in [7, 11) is 1.70. The largest absolute Gasteiger partial charge is 0.435 e. The van der Waals surface area contributed by atoms with Crippen LogP contribution in [0.1, 0.15) is 20.9 Å². The molecule has 0 N–H and O–H groups in total. The van der Waals surface area contributed by atoms with Gasteiger partial charge in [-0.3, -0.25) is 4.79 Å². The third-order valence-corrected chi connectivity index (χ3v) is 5.12. The first-order valence-electron chi connectivity index (χ1n) is 8.26. The number of carbonyl (C=O) groups excluding carboxylic acids is 1. The zero-order valence-electron chi connectivity index (χ0n) is 14.9. The van der Waals surface area contributed by atoms with Gasteiger partial charge in [0.05, 0.1) is 5.69 Å². The standard InChI is InChI=1S/C20H18F2N2O2S/c1-13-17(27-18(23-13)15-6-4-3-5-7-15)19(25)24(2)12-14-8-10-16(11-9-14)26-20(21)22/h3-11,20H,12H2,1-2H3. The SMILES string of the molecule is Cc1nc(-c2ccccc2)sc1C(=O)N(C)Cc1ccc(OC(F)F)cc1. The lowest BCUT2D eigenvalue weighted by Crippen LogP contribution is -2.26. The summed E-state index contributed by atoms with van der Waals surface area (Å²) in [5, 5.41) is 0.804. The molecule has 0 aliphatic rings. The number of alkyl halides is 2. The van der Waals surface area contributed by atoms with E-state index < -0.39 is 6.61 Å². The van der Waals surface area contributed by atoms with E-state index in [1.165, 1.54) is 23.5 Å². The third kappa shape index (κ3) is 4.68. The maximum atomic E-state index is 12.8. The monoisotopic (exact) mass is 388 g/mol. The second-order valence-corrected chi connectivity index (χ2v) is 6.98. The van der Waals surface area contributed by atoms with Crippen LogP contribution in [-0.4, -0.2) is 29.5 Å². The molecular weight excluding hydrogens is 370 g/mol. The van der Waals surface area contributed by atoms with Gasteiger partial charge < -0.3 is 9.64 Å². The van der Waals surface area contributed by atoms with Crippen LogP contribution in [0, 0.1) is 6.92 Å². The van der Waals surface area contributed by atoms with Gasteiger partial charge in [-0.25, -0.2) is 4.98 Å². The van der Waals surface area contributed by atoms with Gasteiger partial charge in [0.25, 0.3) is 5.91 Å². The van der Waals surface area contributed by atoms with E-state index in [4.69, 9.17) is 0 Å². The van der Waals surface area contributed by atoms with Crippen LogP contribution in [0.25, 0.3) is 10.6 Å². The van der Waals surface area contributed by atoms with E-state index in [-0.39, 0.29) is 11.7 Å². The Kier molecular flexibility index (Phi) is 5.81. The van der Waals surface area contributed by atoms with Gasteiger partial charge >= 0.3 is 6.61 Å². The minimum absolute atomic E-state index is 0.0912. The molecule has 1 amide bonds. The fraction of sp³-hybridized carbons (Fsp3) is 0.200. The van der Waals surface area contributed by atoms with Gasteiger partial charge in [0.15, 0.2) is 0 Å². The molecule has 1 heterocycles. The molecule has 0 aliphatic carbocycles. The number of aryl methyl sites for hydroxylation is 1. The van der Waals surface area contributed by atoms with E-state index in [1.54, 1.807) is 24.1 Å². The molecule has 27 heavy (non-hydrogen) atoms. The van der Waals surface area contributed by atoms with Gasteiger partial charge in [0, 0.05) is 19.2 Å². The van der Waals surface area contributed by atoms with E-state index in [9.17, 15) is 13.6 Å². The quantitative estimate of drug-likeness (QED) is 0.597. The highest BCUT2D eigenvalue weighted by Crippen LogP contribution is 2.28. The highest BCUT2D eigenvalue weighted by atomic mass is 32.1. The maximum absolute atomic E-state index is 12.8. The first kappa shape index (κ1) is 19.0. The number of rotatable bonds is 6. The number of amides is 1. The van der Waals surface area contributed by atoms with Crippen LogP contribution in [0.3, 0.4) is 0 Å². The molecule has 3 aromatic rings. The molecule has 0 spiro atoms. The summed E-state index contributed by atoms with van der Waals surface area (Å²) in [6.45, 7) is -0.681. The van der Waals surface area contributed by atoms with Gasteiger partial charge in [-0.2, -0.15) is 8.78 Å². The summed E-state index contributed by atoms with van der Waals surface area (Å²) >= 11 is 1.36. The van der Waals surface area contributed by atoms with Crippen molar-refractivity contribution < 1.29 is 18.3 Å². The molecule has 0 unspecified atom stereocenters. The predicted octanol–water partition coefficient (Wildman–Crippen LogP) is 4.99. The second kappa shape index (κ2) is 8.26. The minimum Gasteiger partial charge on any atom is -0.435 e. The van der Waals surface area contributed by atoms with Crippen LogP contribution in [0.5, 0.6) is 5.75 Å². The highest BCUT2D eigenvalue weighted by molar-refractivity contribution is 7.17. The summed E-state index contributed by atoms with van der Waals surface area (Å²) in [5.74, 6) is -0.0337. The molecule has 0 atom stereocenters. The number of hydrogen-bond donors (Lipinski definition) is 0. The zero-order valence-corrected chi connectivity index (χ0v) is 15.7. The molecule has 0 bridgehead atoms. The molecule has 4 nitrogen and oxygen atoms in total. The Morgan fingerprint density at radius 2 is 1.81 bits per heavy atom. The Morgan fingerprint density at radius 1 is 1.15 bits per heavy atom. The predicted molar refractivity (Wildman–Crippen MR) is 101 cm³/mol. The van der Waals surface area contributed by atoms with Crippen LogP contribution in [-0.2, 0) is 6.54 Å². The van der Waals surface area contributed by atoms with Gasteiger partial charge in [0.1, 0.15) is 15.6 Å². The summed E-state index contributed by atoms with van der Waals surface area (Å²) in [5.41, 5.74) is 2.48. The van der Waals surface area contributed by atoms with E-state index in [0.717, 1.165) is 16.1 Å². The minimum atomic E-state index is -2.85. The smallest absolute Gasteiger partial charge is 0.387 e. The van der Waals surface area contributed by atoms with Crippen LogP contribution in [0.4, 0.5) is 8.78 Å². The van der Waals surface area contributed by atoms with E-state index >= 15 is 0 Å². The molecule has 0 saturated heterocycles. The molecule has 1 aromatic heterocycles. The average Bonchev–Trinajstić information content (AvgIpc) is 3.04. The second-order valence-electron chi connectivity index (χ2n) is 5.98. The topological polar surface area (TPSA) is 42.4 Å². The maximum Gasteiger partial charge on any atom is 0.387 e. The molecule has 0 fully saturated rings. The number of halogens is 2. The van der Waals surface area contributed by atoms with Crippen molar-refractivity contribution in [3.8, 4) is 16.3 Å². The van der Waals surface area contributed by atoms with Crippen molar-refractivity contribution in [2.24, 2.45) is 0 Å². The highest BCUT2D eigenvalue weighted by Gasteiger charge is 2.20. The number of aromatic nitrogens is 1. The van der Waals surface area contributed by atoms with Crippen molar-refractivity contribution in [2.75, 3.05) is 7.05 Å². The number of carbonyl (C=O) groups is 1. The van der Waals surface area contributed by atoms with Gasteiger partial charge in [-0.15, -0.1) is 11.3 Å². The van der Waals surface area contributed by atoms with Crippen LogP contribution in [0.2, 0.25) is 0 Å². The van der Waals surface area contributed by atoms with E-state index in [2.05, 4.69) is 9.72 Å². The number of benzene rings is 2. The molecule has 0 saturated carbocycles. The Morgan fingerprint density at radius 3 is 2.44 bits per heavy atom. The normalized spacial score (nSPS) is 10.9. The molecule has 3 rings (SSSR count). The molecule has 0 radical (unpaired) electrons. The van der Waals surface area contributed by atoms with Crippen molar-refractivity contribution in [3.05, 3.63) is 70.7 Å². The molecule has 0 aliphatic heterocycles. The number of ether oxygens (including phenoxy) is 1. The lowest BCUT2D eigenvalue weighted by molar-refractivity contribution is -0.0498. The van der Waals surface area contributed by atoms with Crippen molar-refractivity contribution in [1.82, 2.24) is 9.88 Å².